The fourth-order valence-electron chi connectivity index (χ4n) is 4.89. The molecule has 0 aromatic heterocycles. The summed E-state index contributed by atoms with van der Waals surface area (Å²) in [6.45, 7) is 10.8. The minimum atomic E-state index is -4.71. The standard InChI is InChI=1S/C32H37F3N2O4S/c1-22(2)24-12-10-23(11-13-24)20-25-14-15-26(32(33,34)35)21-29(25)42(39,40)28-9-7-6-8-27(28)36-16-18-37(19-17-36)30(38)41-31(3,4)5/h6-15,21-22H,16-20H2,1-5H3. The molecule has 0 unspecified atom stereocenters. The zero-order valence-electron chi connectivity index (χ0n) is 24.5. The largest absolute Gasteiger partial charge is 0.444 e. The van der Waals surface area contributed by atoms with Crippen molar-refractivity contribution >= 4 is 21.6 Å². The van der Waals surface area contributed by atoms with Gasteiger partial charge >= 0.3 is 12.3 Å². The van der Waals surface area contributed by atoms with Gasteiger partial charge in [0.25, 0.3) is 0 Å². The number of carbonyl (C=O) groups excluding carboxylic acids is 1. The van der Waals surface area contributed by atoms with Gasteiger partial charge in [0.05, 0.1) is 21.0 Å². The number of piperazine rings is 1. The van der Waals surface area contributed by atoms with Crippen molar-refractivity contribution in [1.82, 2.24) is 4.90 Å². The molecule has 0 bridgehead atoms. The van der Waals surface area contributed by atoms with Crippen molar-refractivity contribution < 1.29 is 31.1 Å². The van der Waals surface area contributed by atoms with E-state index in [4.69, 9.17) is 4.74 Å². The normalized spacial score (nSPS) is 14.8. The highest BCUT2D eigenvalue weighted by molar-refractivity contribution is 7.91. The fraction of sp³-hybridized carbons (Fsp3) is 0.406. The lowest BCUT2D eigenvalue weighted by Gasteiger charge is -2.37. The molecule has 4 rings (SSSR count). The number of sulfone groups is 1. The van der Waals surface area contributed by atoms with Crippen molar-refractivity contribution in [3.8, 4) is 0 Å². The molecule has 42 heavy (non-hydrogen) atoms. The molecular weight excluding hydrogens is 565 g/mol. The molecule has 0 aliphatic carbocycles. The van der Waals surface area contributed by atoms with E-state index in [1.54, 1.807) is 43.9 Å². The summed E-state index contributed by atoms with van der Waals surface area (Å²) in [5.74, 6) is 0.309. The van der Waals surface area contributed by atoms with E-state index in [2.05, 4.69) is 13.8 Å². The van der Waals surface area contributed by atoms with Gasteiger partial charge in [-0.1, -0.05) is 56.3 Å². The minimum Gasteiger partial charge on any atom is -0.444 e. The third-order valence-corrected chi connectivity index (χ3v) is 9.04. The second-order valence-electron chi connectivity index (χ2n) is 11.8. The van der Waals surface area contributed by atoms with E-state index in [0.29, 0.717) is 37.8 Å². The molecule has 226 valence electrons. The third kappa shape index (κ3) is 7.27. The second kappa shape index (κ2) is 12.0. The quantitative estimate of drug-likeness (QED) is 0.296. The van der Waals surface area contributed by atoms with Crippen LogP contribution in [0.2, 0.25) is 0 Å². The molecular formula is C32H37F3N2O4S. The fourth-order valence-corrected chi connectivity index (χ4v) is 6.62. The van der Waals surface area contributed by atoms with Crippen LogP contribution in [0.1, 0.15) is 62.8 Å². The number of ether oxygens (including phenoxy) is 1. The van der Waals surface area contributed by atoms with Gasteiger partial charge in [0.1, 0.15) is 5.60 Å². The molecule has 0 radical (unpaired) electrons. The van der Waals surface area contributed by atoms with Crippen LogP contribution in [0.3, 0.4) is 0 Å². The molecule has 0 N–H and O–H groups in total. The van der Waals surface area contributed by atoms with Crippen LogP contribution in [0.4, 0.5) is 23.7 Å². The topological polar surface area (TPSA) is 66.9 Å². The van der Waals surface area contributed by atoms with Crippen LogP contribution in [0.5, 0.6) is 0 Å². The molecule has 3 aromatic carbocycles. The average Bonchev–Trinajstić information content (AvgIpc) is 2.92. The van der Waals surface area contributed by atoms with Crippen molar-refractivity contribution in [1.29, 1.82) is 0 Å². The van der Waals surface area contributed by atoms with Crippen LogP contribution in [0.25, 0.3) is 0 Å². The molecule has 3 aromatic rings. The predicted octanol–water partition coefficient (Wildman–Crippen LogP) is 7.31. The molecule has 1 aliphatic heterocycles. The summed E-state index contributed by atoms with van der Waals surface area (Å²) < 4.78 is 75.1. The van der Waals surface area contributed by atoms with E-state index in [9.17, 15) is 26.4 Å². The highest BCUT2D eigenvalue weighted by Crippen LogP contribution is 2.37. The number of halogens is 3. The van der Waals surface area contributed by atoms with E-state index < -0.39 is 33.3 Å². The zero-order chi connectivity index (χ0) is 30.9. The monoisotopic (exact) mass is 602 g/mol. The van der Waals surface area contributed by atoms with Crippen LogP contribution < -0.4 is 4.90 Å². The summed E-state index contributed by atoms with van der Waals surface area (Å²) in [7, 11) is -4.37. The van der Waals surface area contributed by atoms with Gasteiger partial charge in [-0.05, 0) is 74.1 Å². The van der Waals surface area contributed by atoms with Crippen molar-refractivity contribution in [3.05, 3.63) is 89.0 Å². The Bertz CT molecular complexity index is 1520. The number of benzene rings is 3. The average molecular weight is 603 g/mol. The summed E-state index contributed by atoms with van der Waals surface area (Å²) in [6, 6.07) is 16.9. The van der Waals surface area contributed by atoms with Crippen LogP contribution >= 0.6 is 0 Å². The lowest BCUT2D eigenvalue weighted by molar-refractivity contribution is -0.137. The first-order valence-corrected chi connectivity index (χ1v) is 15.4. The minimum absolute atomic E-state index is 0.0774. The summed E-state index contributed by atoms with van der Waals surface area (Å²) in [5, 5.41) is 0. The molecule has 10 heteroatoms. The molecule has 0 atom stereocenters. The summed E-state index contributed by atoms with van der Waals surface area (Å²) in [5.41, 5.74) is 0.898. The highest BCUT2D eigenvalue weighted by Gasteiger charge is 2.35. The Balaban J connectivity index is 1.69. The number of hydrogen-bond acceptors (Lipinski definition) is 5. The first-order valence-electron chi connectivity index (χ1n) is 13.9. The first kappa shape index (κ1) is 31.4. The van der Waals surface area contributed by atoms with E-state index in [1.807, 2.05) is 29.2 Å². The maximum atomic E-state index is 14.2. The Kier molecular flexibility index (Phi) is 8.97. The number of carbonyl (C=O) groups is 1. The van der Waals surface area contributed by atoms with Crippen molar-refractivity contribution in [2.75, 3.05) is 31.1 Å². The van der Waals surface area contributed by atoms with Crippen LogP contribution in [-0.2, 0) is 27.2 Å². The van der Waals surface area contributed by atoms with E-state index in [-0.39, 0.29) is 21.8 Å². The summed E-state index contributed by atoms with van der Waals surface area (Å²) in [4.78, 5) is 15.5. The van der Waals surface area contributed by atoms with E-state index in [0.717, 1.165) is 23.3 Å². The molecule has 1 saturated heterocycles. The highest BCUT2D eigenvalue weighted by atomic mass is 32.2. The summed E-state index contributed by atoms with van der Waals surface area (Å²) in [6.07, 6.45) is -5.00. The SMILES string of the molecule is CC(C)c1ccc(Cc2ccc(C(F)(F)F)cc2S(=O)(=O)c2ccccc2N2CCN(C(=O)OC(C)(C)C)CC2)cc1. The van der Waals surface area contributed by atoms with Crippen LogP contribution in [0, 0.1) is 0 Å². The van der Waals surface area contributed by atoms with Crippen molar-refractivity contribution in [2.45, 2.75) is 68.5 Å². The third-order valence-electron chi connectivity index (χ3n) is 7.15. The zero-order valence-corrected chi connectivity index (χ0v) is 25.3. The van der Waals surface area contributed by atoms with Gasteiger partial charge in [-0.2, -0.15) is 13.2 Å². The maximum absolute atomic E-state index is 14.2. The molecule has 1 amide bonds. The van der Waals surface area contributed by atoms with Gasteiger partial charge in [0.15, 0.2) is 0 Å². The van der Waals surface area contributed by atoms with Gasteiger partial charge in [-0.15, -0.1) is 0 Å². The number of hydrogen-bond donors (Lipinski definition) is 0. The Morgan fingerprint density at radius 2 is 1.50 bits per heavy atom. The predicted molar refractivity (Wildman–Crippen MR) is 157 cm³/mol. The number of nitrogens with zero attached hydrogens (tertiary/aromatic N) is 2. The number of anilines is 1. The van der Waals surface area contributed by atoms with Gasteiger partial charge in [0, 0.05) is 26.2 Å². The lowest BCUT2D eigenvalue weighted by Crippen LogP contribution is -2.50. The van der Waals surface area contributed by atoms with Crippen LogP contribution in [-0.4, -0.2) is 51.2 Å². The number of rotatable bonds is 6. The molecule has 0 saturated carbocycles. The maximum Gasteiger partial charge on any atom is 0.416 e. The Hall–Kier alpha value is -3.53. The van der Waals surface area contributed by atoms with E-state index >= 15 is 0 Å². The van der Waals surface area contributed by atoms with Crippen LogP contribution in [0.15, 0.2) is 76.5 Å². The molecule has 1 fully saturated rings. The lowest BCUT2D eigenvalue weighted by atomic mass is 9.98. The Morgan fingerprint density at radius 3 is 2.07 bits per heavy atom. The number of alkyl halides is 3. The molecule has 1 heterocycles. The Labute approximate surface area is 246 Å². The number of para-hydroxylation sites is 1. The van der Waals surface area contributed by atoms with Crippen molar-refractivity contribution in [3.63, 3.8) is 0 Å². The van der Waals surface area contributed by atoms with Gasteiger partial charge in [-0.3, -0.25) is 0 Å². The second-order valence-corrected chi connectivity index (χ2v) is 13.7. The molecule has 0 spiro atoms. The van der Waals surface area contributed by atoms with Gasteiger partial charge in [0.2, 0.25) is 9.84 Å². The Morgan fingerprint density at radius 1 is 0.881 bits per heavy atom. The summed E-state index contributed by atoms with van der Waals surface area (Å²) >= 11 is 0. The van der Waals surface area contributed by atoms with Crippen molar-refractivity contribution in [2.24, 2.45) is 0 Å². The molecule has 1 aliphatic rings. The van der Waals surface area contributed by atoms with Gasteiger partial charge < -0.3 is 14.5 Å². The number of amides is 1. The van der Waals surface area contributed by atoms with E-state index in [1.165, 1.54) is 12.1 Å². The smallest absolute Gasteiger partial charge is 0.416 e. The van der Waals surface area contributed by atoms with Gasteiger partial charge in [-0.25, -0.2) is 13.2 Å². The molecule has 6 nitrogen and oxygen atoms in total. The first-order chi connectivity index (χ1) is 19.6.